The topological polar surface area (TPSA) is 54.9 Å². The number of alkyl halides is 2. The predicted octanol–water partition coefficient (Wildman–Crippen LogP) is 3.67. The van der Waals surface area contributed by atoms with Gasteiger partial charge in [0.05, 0.1) is 23.5 Å². The Hall–Kier alpha value is -1.65. The summed E-state index contributed by atoms with van der Waals surface area (Å²) >= 11 is 12.0. The molecule has 1 N–H and O–H groups in total. The van der Waals surface area contributed by atoms with Gasteiger partial charge in [-0.1, -0.05) is 30.3 Å². The van der Waals surface area contributed by atoms with E-state index in [0.29, 0.717) is 17.9 Å². The van der Waals surface area contributed by atoms with Crippen molar-refractivity contribution < 1.29 is 4.79 Å². The van der Waals surface area contributed by atoms with E-state index in [0.717, 1.165) is 5.56 Å². The number of benzene rings is 1. The van der Waals surface area contributed by atoms with Crippen molar-refractivity contribution in [2.45, 2.75) is 17.7 Å². The van der Waals surface area contributed by atoms with Gasteiger partial charge < -0.3 is 5.32 Å². The molecule has 1 amide bonds. The van der Waals surface area contributed by atoms with Crippen LogP contribution in [0.4, 0.5) is 5.69 Å². The van der Waals surface area contributed by atoms with Crippen LogP contribution in [0.3, 0.4) is 0 Å². The minimum atomic E-state index is -0.984. The smallest absolute Gasteiger partial charge is 0.233 e. The molecule has 4 nitrogen and oxygen atoms in total. The number of aromatic nitrogens is 2. The Morgan fingerprint density at radius 3 is 2.29 bits per heavy atom. The highest BCUT2D eigenvalue weighted by Crippen LogP contribution is 2.64. The van der Waals surface area contributed by atoms with Gasteiger partial charge in [0.25, 0.3) is 0 Å². The van der Waals surface area contributed by atoms with E-state index < -0.39 is 9.75 Å². The summed E-state index contributed by atoms with van der Waals surface area (Å²) in [5.74, 6) is 0.388. The van der Waals surface area contributed by atoms with Crippen molar-refractivity contribution in [2.24, 2.45) is 5.41 Å². The first-order chi connectivity index (χ1) is 9.92. The number of anilines is 1. The molecule has 1 aliphatic rings. The van der Waals surface area contributed by atoms with Crippen molar-refractivity contribution in [1.82, 2.24) is 9.97 Å². The number of carbonyl (C=O) groups is 1. The summed E-state index contributed by atoms with van der Waals surface area (Å²) < 4.78 is -0.984. The lowest BCUT2D eigenvalue weighted by molar-refractivity contribution is -0.120. The van der Waals surface area contributed by atoms with Crippen LogP contribution < -0.4 is 5.32 Å². The summed E-state index contributed by atoms with van der Waals surface area (Å²) in [4.78, 5) is 20.6. The van der Waals surface area contributed by atoms with Crippen molar-refractivity contribution >= 4 is 34.8 Å². The number of carbonyl (C=O) groups excluding carboxylic acids is 1. The maximum Gasteiger partial charge on any atom is 0.233 e. The molecule has 0 bridgehead atoms. The van der Waals surface area contributed by atoms with E-state index in [1.54, 1.807) is 19.3 Å². The summed E-state index contributed by atoms with van der Waals surface area (Å²) in [6.07, 6.45) is 3.59. The Morgan fingerprint density at radius 2 is 1.76 bits per heavy atom. The third-order valence-electron chi connectivity index (χ3n) is 3.70. The van der Waals surface area contributed by atoms with Gasteiger partial charge in [-0.25, -0.2) is 9.97 Å². The van der Waals surface area contributed by atoms with E-state index in [1.807, 2.05) is 30.3 Å². The van der Waals surface area contributed by atoms with E-state index in [4.69, 9.17) is 23.2 Å². The second-order valence-electron chi connectivity index (χ2n) is 5.33. The average Bonchev–Trinajstić information content (AvgIpc) is 3.01. The number of rotatable bonds is 3. The number of hydrogen-bond donors (Lipinski definition) is 1. The molecule has 1 saturated carbocycles. The Labute approximate surface area is 132 Å². The van der Waals surface area contributed by atoms with Crippen molar-refractivity contribution in [3.05, 3.63) is 42.7 Å². The summed E-state index contributed by atoms with van der Waals surface area (Å²) in [5, 5.41) is 2.75. The van der Waals surface area contributed by atoms with Crippen LogP contribution in [-0.4, -0.2) is 20.2 Å². The lowest BCUT2D eigenvalue weighted by atomic mass is 10.1. The van der Waals surface area contributed by atoms with Crippen molar-refractivity contribution in [2.75, 3.05) is 5.32 Å². The second-order valence-corrected chi connectivity index (χ2v) is 6.81. The molecule has 0 aliphatic heterocycles. The van der Waals surface area contributed by atoms with E-state index in [-0.39, 0.29) is 5.91 Å². The van der Waals surface area contributed by atoms with Crippen LogP contribution in [0, 0.1) is 5.41 Å². The van der Waals surface area contributed by atoms with Crippen molar-refractivity contribution in [1.29, 1.82) is 0 Å². The van der Waals surface area contributed by atoms with Gasteiger partial charge in [0, 0.05) is 5.56 Å². The molecule has 0 saturated heterocycles. The third-order valence-corrected chi connectivity index (χ3v) is 4.80. The SMILES string of the molecule is CC1(C(=O)Nc2cnc(-c3ccccc3)nc2)CC1(Cl)Cl. The molecule has 1 heterocycles. The molecule has 1 aliphatic carbocycles. The monoisotopic (exact) mass is 321 g/mol. The lowest BCUT2D eigenvalue weighted by Gasteiger charge is -2.12. The van der Waals surface area contributed by atoms with Crippen LogP contribution in [0.25, 0.3) is 11.4 Å². The molecule has 1 fully saturated rings. The molecule has 1 aromatic carbocycles. The minimum absolute atomic E-state index is 0.219. The fraction of sp³-hybridized carbons (Fsp3) is 0.267. The third kappa shape index (κ3) is 2.61. The second kappa shape index (κ2) is 4.97. The van der Waals surface area contributed by atoms with E-state index in [9.17, 15) is 4.79 Å². The van der Waals surface area contributed by atoms with Gasteiger partial charge in [0.1, 0.15) is 4.33 Å². The first kappa shape index (κ1) is 14.3. The highest BCUT2D eigenvalue weighted by atomic mass is 35.5. The summed E-state index contributed by atoms with van der Waals surface area (Å²) in [7, 11) is 0. The van der Waals surface area contributed by atoms with Gasteiger partial charge in [-0.15, -0.1) is 23.2 Å². The zero-order valence-electron chi connectivity index (χ0n) is 11.3. The normalized spacial score (nSPS) is 22.6. The van der Waals surface area contributed by atoms with Gasteiger partial charge in [-0.05, 0) is 13.3 Å². The van der Waals surface area contributed by atoms with Crippen LogP contribution in [0.2, 0.25) is 0 Å². The maximum absolute atomic E-state index is 12.1. The van der Waals surface area contributed by atoms with Crippen LogP contribution in [0.5, 0.6) is 0 Å². The highest BCUT2D eigenvalue weighted by molar-refractivity contribution is 6.53. The van der Waals surface area contributed by atoms with Gasteiger partial charge >= 0.3 is 0 Å². The molecule has 21 heavy (non-hydrogen) atoms. The molecular weight excluding hydrogens is 309 g/mol. The molecule has 3 rings (SSSR count). The van der Waals surface area contributed by atoms with Crippen LogP contribution in [0.15, 0.2) is 42.7 Å². The first-order valence-electron chi connectivity index (χ1n) is 6.49. The zero-order valence-corrected chi connectivity index (χ0v) is 12.8. The number of hydrogen-bond acceptors (Lipinski definition) is 3. The van der Waals surface area contributed by atoms with Gasteiger partial charge in [0.2, 0.25) is 5.91 Å². The molecule has 1 atom stereocenters. The van der Waals surface area contributed by atoms with Gasteiger partial charge in [-0.3, -0.25) is 4.79 Å². The molecule has 0 spiro atoms. The largest absolute Gasteiger partial charge is 0.323 e. The molecule has 0 radical (unpaired) electrons. The summed E-state index contributed by atoms with van der Waals surface area (Å²) in [6.45, 7) is 1.74. The van der Waals surface area contributed by atoms with E-state index in [1.165, 1.54) is 0 Å². The molecule has 2 aromatic rings. The first-order valence-corrected chi connectivity index (χ1v) is 7.25. The molecule has 6 heteroatoms. The lowest BCUT2D eigenvalue weighted by Crippen LogP contribution is -2.26. The van der Waals surface area contributed by atoms with E-state index in [2.05, 4.69) is 15.3 Å². The Morgan fingerprint density at radius 1 is 1.19 bits per heavy atom. The summed E-state index contributed by atoms with van der Waals surface area (Å²) in [6, 6.07) is 9.62. The molecule has 108 valence electrons. The van der Waals surface area contributed by atoms with Crippen LogP contribution in [-0.2, 0) is 4.79 Å². The Kier molecular flexibility index (Phi) is 3.38. The number of nitrogens with zero attached hydrogens (tertiary/aromatic N) is 2. The van der Waals surface area contributed by atoms with Crippen molar-refractivity contribution in [3.8, 4) is 11.4 Å². The quantitative estimate of drug-likeness (QED) is 0.877. The standard InChI is InChI=1S/C15H13Cl2N3O/c1-14(9-15(14,16)17)13(21)20-11-7-18-12(19-8-11)10-5-3-2-4-6-10/h2-8H,9H2,1H3,(H,20,21). The van der Waals surface area contributed by atoms with Gasteiger partial charge in [0.15, 0.2) is 5.82 Å². The van der Waals surface area contributed by atoms with Crippen LogP contribution >= 0.6 is 23.2 Å². The predicted molar refractivity (Wildman–Crippen MR) is 83.3 cm³/mol. The number of halogens is 2. The van der Waals surface area contributed by atoms with Crippen LogP contribution in [0.1, 0.15) is 13.3 Å². The van der Waals surface area contributed by atoms with Crippen molar-refractivity contribution in [3.63, 3.8) is 0 Å². The molecular formula is C15H13Cl2N3O. The fourth-order valence-electron chi connectivity index (χ4n) is 2.04. The maximum atomic E-state index is 12.1. The number of nitrogens with one attached hydrogen (secondary N) is 1. The molecule has 1 unspecified atom stereocenters. The average molecular weight is 322 g/mol. The highest BCUT2D eigenvalue weighted by Gasteiger charge is 2.67. The Bertz CT molecular complexity index is 673. The fourth-order valence-corrected chi connectivity index (χ4v) is 2.75. The zero-order chi connectivity index (χ0) is 15.1. The minimum Gasteiger partial charge on any atom is -0.323 e. The molecule has 1 aromatic heterocycles. The summed E-state index contributed by atoms with van der Waals surface area (Å²) in [5.41, 5.74) is 0.691. The Balaban J connectivity index is 1.73. The van der Waals surface area contributed by atoms with Gasteiger partial charge in [-0.2, -0.15) is 0 Å². The number of amides is 1. The van der Waals surface area contributed by atoms with E-state index >= 15 is 0 Å².